The number of carbonyl (C=O) groups is 1. The second kappa shape index (κ2) is 8.99. The number of carbonyl (C=O) groups excluding carboxylic acids is 1. The molecule has 3 nitrogen and oxygen atoms in total. The van der Waals surface area contributed by atoms with E-state index in [4.69, 9.17) is 0 Å². The van der Waals surface area contributed by atoms with Gasteiger partial charge in [0.25, 0.3) is 0 Å². The molecule has 1 rings (SSSR count). The lowest BCUT2D eigenvalue weighted by Gasteiger charge is -2.20. The van der Waals surface area contributed by atoms with Crippen molar-refractivity contribution in [2.45, 2.75) is 38.8 Å². The Morgan fingerprint density at radius 2 is 2.05 bits per heavy atom. The van der Waals surface area contributed by atoms with Crippen molar-refractivity contribution in [1.82, 2.24) is 5.32 Å². The molecule has 19 heavy (non-hydrogen) atoms. The lowest BCUT2D eigenvalue weighted by molar-refractivity contribution is -0.122. The van der Waals surface area contributed by atoms with E-state index >= 15 is 0 Å². The predicted molar refractivity (Wildman–Crippen MR) is 81.4 cm³/mol. The largest absolute Gasteiger partial charge is 0.391 e. The van der Waals surface area contributed by atoms with Crippen LogP contribution in [0, 0.1) is 0 Å². The van der Waals surface area contributed by atoms with E-state index < -0.39 is 6.10 Å². The highest BCUT2D eigenvalue weighted by Crippen LogP contribution is 2.07. The standard InChI is InChI=1S/C15H23NO2S/c1-3-19-10-9-15(18)16-12(2)14(17)11-13-7-5-4-6-8-13/h4-8,12,14,17H,3,9-11H2,1-2H3,(H,16,18). The highest BCUT2D eigenvalue weighted by molar-refractivity contribution is 7.99. The highest BCUT2D eigenvalue weighted by Gasteiger charge is 2.16. The Kier molecular flexibility index (Phi) is 7.60. The van der Waals surface area contributed by atoms with Crippen LogP contribution < -0.4 is 5.32 Å². The first-order valence-corrected chi connectivity index (χ1v) is 7.88. The number of nitrogens with one attached hydrogen (secondary N) is 1. The molecule has 0 aromatic heterocycles. The quantitative estimate of drug-likeness (QED) is 0.719. The Bertz CT molecular complexity index is 370. The van der Waals surface area contributed by atoms with Crippen LogP contribution >= 0.6 is 11.8 Å². The summed E-state index contributed by atoms with van der Waals surface area (Å²) in [6, 6.07) is 9.59. The molecule has 0 aliphatic carbocycles. The van der Waals surface area contributed by atoms with Gasteiger partial charge in [0.1, 0.15) is 0 Å². The summed E-state index contributed by atoms with van der Waals surface area (Å²) in [6.45, 7) is 3.92. The average Bonchev–Trinajstić information content (AvgIpc) is 2.40. The zero-order valence-corrected chi connectivity index (χ0v) is 12.5. The molecule has 1 amide bonds. The van der Waals surface area contributed by atoms with Crippen molar-refractivity contribution < 1.29 is 9.90 Å². The van der Waals surface area contributed by atoms with Crippen LogP contribution in [0.1, 0.15) is 25.8 Å². The molecular weight excluding hydrogens is 258 g/mol. The third kappa shape index (κ3) is 6.64. The average molecular weight is 281 g/mol. The summed E-state index contributed by atoms with van der Waals surface area (Å²) in [4.78, 5) is 11.6. The first-order valence-electron chi connectivity index (χ1n) is 6.72. The third-order valence-corrected chi connectivity index (χ3v) is 3.83. The Labute approximate surface area is 119 Å². The molecule has 0 saturated carbocycles. The van der Waals surface area contributed by atoms with Crippen LogP contribution in [-0.2, 0) is 11.2 Å². The summed E-state index contributed by atoms with van der Waals surface area (Å²) in [5, 5.41) is 12.9. The second-order valence-corrected chi connectivity index (χ2v) is 5.95. The maximum absolute atomic E-state index is 11.6. The van der Waals surface area contributed by atoms with Gasteiger partial charge in [-0.3, -0.25) is 4.79 Å². The molecule has 2 unspecified atom stereocenters. The molecular formula is C15H23NO2S. The van der Waals surface area contributed by atoms with Crippen molar-refractivity contribution in [3.8, 4) is 0 Å². The molecule has 2 atom stereocenters. The van der Waals surface area contributed by atoms with Crippen LogP contribution in [0.2, 0.25) is 0 Å². The summed E-state index contributed by atoms with van der Waals surface area (Å²) < 4.78 is 0. The van der Waals surface area contributed by atoms with E-state index in [0.717, 1.165) is 17.1 Å². The monoisotopic (exact) mass is 281 g/mol. The number of amides is 1. The van der Waals surface area contributed by atoms with Gasteiger partial charge in [-0.05, 0) is 18.2 Å². The number of rotatable bonds is 8. The van der Waals surface area contributed by atoms with Gasteiger partial charge in [0, 0.05) is 18.6 Å². The first-order chi connectivity index (χ1) is 9.13. The van der Waals surface area contributed by atoms with E-state index in [2.05, 4.69) is 12.2 Å². The summed E-state index contributed by atoms with van der Waals surface area (Å²) in [7, 11) is 0. The number of aliphatic hydroxyl groups is 1. The van der Waals surface area contributed by atoms with E-state index in [1.807, 2.05) is 37.3 Å². The van der Waals surface area contributed by atoms with Crippen LogP contribution in [-0.4, -0.2) is 34.7 Å². The topological polar surface area (TPSA) is 49.3 Å². The molecule has 0 aliphatic rings. The van der Waals surface area contributed by atoms with Crippen molar-refractivity contribution in [2.75, 3.05) is 11.5 Å². The Morgan fingerprint density at radius 3 is 2.68 bits per heavy atom. The first kappa shape index (κ1) is 16.1. The number of benzene rings is 1. The van der Waals surface area contributed by atoms with Crippen molar-refractivity contribution in [3.63, 3.8) is 0 Å². The van der Waals surface area contributed by atoms with Crippen LogP contribution in [0.25, 0.3) is 0 Å². The van der Waals surface area contributed by atoms with Crippen LogP contribution in [0.15, 0.2) is 30.3 Å². The third-order valence-electron chi connectivity index (χ3n) is 2.93. The fraction of sp³-hybridized carbons (Fsp3) is 0.533. The van der Waals surface area contributed by atoms with Crippen molar-refractivity contribution in [3.05, 3.63) is 35.9 Å². The summed E-state index contributed by atoms with van der Waals surface area (Å²) in [5.41, 5.74) is 1.08. The van der Waals surface area contributed by atoms with Crippen molar-refractivity contribution >= 4 is 17.7 Å². The molecule has 0 aliphatic heterocycles. The van der Waals surface area contributed by atoms with E-state index in [1.165, 1.54) is 0 Å². The normalized spacial score (nSPS) is 13.8. The van der Waals surface area contributed by atoms with Gasteiger partial charge in [-0.2, -0.15) is 11.8 Å². The predicted octanol–water partition coefficient (Wildman–Crippen LogP) is 2.24. The number of hydrogen-bond donors (Lipinski definition) is 2. The fourth-order valence-electron chi connectivity index (χ4n) is 1.76. The van der Waals surface area contributed by atoms with Gasteiger partial charge in [0.05, 0.1) is 12.1 Å². The van der Waals surface area contributed by atoms with Crippen LogP contribution in [0.4, 0.5) is 0 Å². The molecule has 4 heteroatoms. The van der Waals surface area contributed by atoms with E-state index in [9.17, 15) is 9.90 Å². The molecule has 0 bridgehead atoms. The Balaban J connectivity index is 2.32. The van der Waals surface area contributed by atoms with Gasteiger partial charge in [-0.25, -0.2) is 0 Å². The van der Waals surface area contributed by atoms with Gasteiger partial charge >= 0.3 is 0 Å². The summed E-state index contributed by atoms with van der Waals surface area (Å²) in [5.74, 6) is 1.88. The maximum Gasteiger partial charge on any atom is 0.221 e. The highest BCUT2D eigenvalue weighted by atomic mass is 32.2. The molecule has 1 aromatic carbocycles. The van der Waals surface area contributed by atoms with Crippen LogP contribution in [0.5, 0.6) is 0 Å². The zero-order chi connectivity index (χ0) is 14.1. The van der Waals surface area contributed by atoms with E-state index in [0.29, 0.717) is 12.8 Å². The molecule has 0 heterocycles. The minimum Gasteiger partial charge on any atom is -0.391 e. The second-order valence-electron chi connectivity index (χ2n) is 4.56. The Morgan fingerprint density at radius 1 is 1.37 bits per heavy atom. The minimum absolute atomic E-state index is 0.0144. The van der Waals surface area contributed by atoms with E-state index in [1.54, 1.807) is 11.8 Å². The smallest absolute Gasteiger partial charge is 0.221 e. The maximum atomic E-state index is 11.6. The molecule has 1 aromatic rings. The lowest BCUT2D eigenvalue weighted by atomic mass is 10.0. The van der Waals surface area contributed by atoms with Crippen LogP contribution in [0.3, 0.4) is 0 Å². The van der Waals surface area contributed by atoms with Gasteiger partial charge in [-0.1, -0.05) is 37.3 Å². The number of hydrogen-bond acceptors (Lipinski definition) is 3. The number of aliphatic hydroxyl groups excluding tert-OH is 1. The van der Waals surface area contributed by atoms with Gasteiger partial charge in [-0.15, -0.1) is 0 Å². The minimum atomic E-state index is -0.551. The molecule has 0 spiro atoms. The molecule has 0 radical (unpaired) electrons. The molecule has 0 fully saturated rings. The van der Waals surface area contributed by atoms with Gasteiger partial charge in [0.15, 0.2) is 0 Å². The van der Waals surface area contributed by atoms with Gasteiger partial charge in [0.2, 0.25) is 5.91 Å². The summed E-state index contributed by atoms with van der Waals surface area (Å²) >= 11 is 1.75. The summed E-state index contributed by atoms with van der Waals surface area (Å²) in [6.07, 6.45) is 0.526. The fourth-order valence-corrected chi connectivity index (χ4v) is 2.38. The van der Waals surface area contributed by atoms with Crippen molar-refractivity contribution in [1.29, 1.82) is 0 Å². The SMILES string of the molecule is CCSCCC(=O)NC(C)C(O)Cc1ccccc1. The van der Waals surface area contributed by atoms with E-state index in [-0.39, 0.29) is 11.9 Å². The number of thioether (sulfide) groups is 1. The van der Waals surface area contributed by atoms with Gasteiger partial charge < -0.3 is 10.4 Å². The zero-order valence-electron chi connectivity index (χ0n) is 11.6. The lowest BCUT2D eigenvalue weighted by Crippen LogP contribution is -2.42. The molecule has 0 saturated heterocycles. The Hall–Kier alpha value is -1.00. The molecule has 106 valence electrons. The molecule has 2 N–H and O–H groups in total. The van der Waals surface area contributed by atoms with Crippen molar-refractivity contribution in [2.24, 2.45) is 0 Å².